The van der Waals surface area contributed by atoms with Crippen LogP contribution in [0, 0.1) is 5.92 Å². The molecule has 1 aliphatic rings. The number of aromatic nitrogens is 1. The lowest BCUT2D eigenvalue weighted by Crippen LogP contribution is -2.17. The molecule has 1 atom stereocenters. The normalized spacial score (nSPS) is 18.2. The molecule has 2 aromatic rings. The molecule has 1 aromatic heterocycles. The molecular formula is C15H20N2. The fraction of sp³-hybridized carbons (Fsp3) is 0.467. The van der Waals surface area contributed by atoms with Gasteiger partial charge < -0.3 is 10.3 Å². The molecule has 2 N–H and O–H groups in total. The van der Waals surface area contributed by atoms with Crippen molar-refractivity contribution in [1.82, 2.24) is 4.57 Å². The van der Waals surface area contributed by atoms with Crippen molar-refractivity contribution in [2.75, 3.05) is 0 Å². The van der Waals surface area contributed by atoms with E-state index >= 15 is 0 Å². The van der Waals surface area contributed by atoms with Crippen molar-refractivity contribution in [2.24, 2.45) is 11.7 Å². The molecular weight excluding hydrogens is 208 g/mol. The minimum Gasteiger partial charge on any atom is -0.347 e. The minimum atomic E-state index is 0.117. The molecule has 1 unspecified atom stereocenters. The third-order valence-corrected chi connectivity index (χ3v) is 4.00. The van der Waals surface area contributed by atoms with E-state index in [1.165, 1.54) is 42.3 Å². The van der Waals surface area contributed by atoms with Gasteiger partial charge in [-0.05, 0) is 48.8 Å². The van der Waals surface area contributed by atoms with Crippen molar-refractivity contribution in [2.45, 2.75) is 38.8 Å². The van der Waals surface area contributed by atoms with Crippen LogP contribution in [-0.2, 0) is 6.54 Å². The molecule has 1 aromatic carbocycles. The summed E-state index contributed by atoms with van der Waals surface area (Å²) in [6.45, 7) is 3.21. The van der Waals surface area contributed by atoms with Crippen LogP contribution in [0.2, 0.25) is 0 Å². The summed E-state index contributed by atoms with van der Waals surface area (Å²) in [5.74, 6) is 0.893. The molecule has 0 saturated heterocycles. The first-order chi connectivity index (χ1) is 8.24. The minimum absolute atomic E-state index is 0.117. The fourth-order valence-corrected chi connectivity index (χ4v) is 2.60. The van der Waals surface area contributed by atoms with Crippen LogP contribution in [0.1, 0.15) is 37.8 Å². The van der Waals surface area contributed by atoms with Gasteiger partial charge in [0.1, 0.15) is 0 Å². The first-order valence-electron chi connectivity index (χ1n) is 6.58. The molecule has 0 radical (unpaired) electrons. The highest BCUT2D eigenvalue weighted by Gasteiger charge is 2.18. The van der Waals surface area contributed by atoms with Gasteiger partial charge in [-0.2, -0.15) is 0 Å². The lowest BCUT2D eigenvalue weighted by molar-refractivity contribution is 0.280. The van der Waals surface area contributed by atoms with Crippen LogP contribution in [0.3, 0.4) is 0 Å². The highest BCUT2D eigenvalue weighted by atomic mass is 15.0. The summed E-state index contributed by atoms with van der Waals surface area (Å²) in [4.78, 5) is 0. The molecule has 2 nitrogen and oxygen atoms in total. The topological polar surface area (TPSA) is 30.9 Å². The van der Waals surface area contributed by atoms with Crippen molar-refractivity contribution in [3.8, 4) is 0 Å². The monoisotopic (exact) mass is 228 g/mol. The van der Waals surface area contributed by atoms with Crippen LogP contribution in [-0.4, -0.2) is 4.57 Å². The van der Waals surface area contributed by atoms with E-state index in [4.69, 9.17) is 5.73 Å². The van der Waals surface area contributed by atoms with Crippen LogP contribution in [0.25, 0.3) is 10.9 Å². The number of nitrogens with zero attached hydrogens (tertiary/aromatic N) is 1. The van der Waals surface area contributed by atoms with Crippen molar-refractivity contribution >= 4 is 10.9 Å². The Morgan fingerprint density at radius 1 is 1.35 bits per heavy atom. The van der Waals surface area contributed by atoms with Crippen LogP contribution in [0.5, 0.6) is 0 Å². The van der Waals surface area contributed by atoms with E-state index < -0.39 is 0 Å². The van der Waals surface area contributed by atoms with Gasteiger partial charge in [0.15, 0.2) is 0 Å². The van der Waals surface area contributed by atoms with Gasteiger partial charge in [0.2, 0.25) is 0 Å². The number of nitrogens with two attached hydrogens (primary N) is 1. The lowest BCUT2D eigenvalue weighted by atomic mass is 9.85. The van der Waals surface area contributed by atoms with Crippen molar-refractivity contribution in [3.63, 3.8) is 0 Å². The Morgan fingerprint density at radius 2 is 2.18 bits per heavy atom. The van der Waals surface area contributed by atoms with Gasteiger partial charge in [0.25, 0.3) is 0 Å². The maximum atomic E-state index is 5.95. The van der Waals surface area contributed by atoms with Crippen molar-refractivity contribution in [1.29, 1.82) is 0 Å². The molecule has 90 valence electrons. The second-order valence-corrected chi connectivity index (χ2v) is 5.37. The Bertz CT molecular complexity index is 521. The molecule has 1 heterocycles. The number of benzene rings is 1. The zero-order chi connectivity index (χ0) is 11.8. The average Bonchev–Trinajstić information content (AvgIpc) is 2.65. The second kappa shape index (κ2) is 4.19. The summed E-state index contributed by atoms with van der Waals surface area (Å²) >= 11 is 0. The summed E-state index contributed by atoms with van der Waals surface area (Å²) in [7, 11) is 0. The molecule has 0 bridgehead atoms. The smallest absolute Gasteiger partial charge is 0.0483 e. The standard InChI is InChI=1S/C15H20N2/c1-11(16)14-6-5-13-7-8-17(15(13)9-14)10-12-3-2-4-12/h5-9,11-12H,2-4,10,16H2,1H3. The fourth-order valence-electron chi connectivity index (χ4n) is 2.60. The van der Waals surface area contributed by atoms with Gasteiger partial charge >= 0.3 is 0 Å². The largest absolute Gasteiger partial charge is 0.347 e. The maximum Gasteiger partial charge on any atom is 0.0483 e. The maximum absolute atomic E-state index is 5.95. The Balaban J connectivity index is 1.96. The predicted octanol–water partition coefficient (Wildman–Crippen LogP) is 3.46. The molecule has 1 aliphatic carbocycles. The second-order valence-electron chi connectivity index (χ2n) is 5.37. The third kappa shape index (κ3) is 1.98. The van der Waals surface area contributed by atoms with E-state index in [1.807, 2.05) is 6.92 Å². The third-order valence-electron chi connectivity index (χ3n) is 4.00. The highest BCUT2D eigenvalue weighted by molar-refractivity contribution is 5.81. The zero-order valence-electron chi connectivity index (χ0n) is 10.4. The van der Waals surface area contributed by atoms with Gasteiger partial charge in [-0.25, -0.2) is 0 Å². The van der Waals surface area contributed by atoms with E-state index in [2.05, 4.69) is 35.0 Å². The van der Waals surface area contributed by atoms with E-state index in [1.54, 1.807) is 0 Å². The van der Waals surface area contributed by atoms with Gasteiger partial charge in [-0.15, -0.1) is 0 Å². The van der Waals surface area contributed by atoms with E-state index in [0.717, 1.165) is 5.92 Å². The molecule has 1 fully saturated rings. The average molecular weight is 228 g/mol. The quantitative estimate of drug-likeness (QED) is 0.857. The number of hydrogen-bond acceptors (Lipinski definition) is 1. The van der Waals surface area contributed by atoms with Crippen LogP contribution in [0.4, 0.5) is 0 Å². The molecule has 17 heavy (non-hydrogen) atoms. The Labute approximate surface area is 102 Å². The summed E-state index contributed by atoms with van der Waals surface area (Å²) < 4.78 is 2.39. The first-order valence-corrected chi connectivity index (χ1v) is 6.58. The molecule has 0 aliphatic heterocycles. The van der Waals surface area contributed by atoms with Gasteiger partial charge in [0.05, 0.1) is 0 Å². The van der Waals surface area contributed by atoms with E-state index in [9.17, 15) is 0 Å². The zero-order valence-corrected chi connectivity index (χ0v) is 10.4. The van der Waals surface area contributed by atoms with Gasteiger partial charge in [-0.1, -0.05) is 18.6 Å². The first kappa shape index (κ1) is 10.8. The van der Waals surface area contributed by atoms with E-state index in [0.29, 0.717) is 0 Å². The summed E-state index contributed by atoms with van der Waals surface area (Å²) in [5.41, 5.74) is 8.52. The van der Waals surface area contributed by atoms with Gasteiger partial charge in [0, 0.05) is 24.3 Å². The molecule has 1 saturated carbocycles. The molecule has 0 spiro atoms. The van der Waals surface area contributed by atoms with Crippen LogP contribution >= 0.6 is 0 Å². The van der Waals surface area contributed by atoms with Crippen LogP contribution in [0.15, 0.2) is 30.5 Å². The summed E-state index contributed by atoms with van der Waals surface area (Å²) in [6, 6.07) is 8.90. The lowest BCUT2D eigenvalue weighted by Gasteiger charge is -2.26. The number of fused-ring (bicyclic) bond motifs is 1. The Morgan fingerprint density at radius 3 is 2.82 bits per heavy atom. The number of hydrogen-bond donors (Lipinski definition) is 1. The van der Waals surface area contributed by atoms with Gasteiger partial charge in [-0.3, -0.25) is 0 Å². The highest BCUT2D eigenvalue weighted by Crippen LogP contribution is 2.30. The number of rotatable bonds is 3. The molecule has 3 rings (SSSR count). The predicted molar refractivity (Wildman–Crippen MR) is 71.9 cm³/mol. The SMILES string of the molecule is CC(N)c1ccc2ccn(CC3CCC3)c2c1. The molecule has 0 amide bonds. The van der Waals surface area contributed by atoms with Crippen LogP contribution < -0.4 is 5.73 Å². The summed E-state index contributed by atoms with van der Waals surface area (Å²) in [6.07, 6.45) is 6.42. The van der Waals surface area contributed by atoms with Crippen molar-refractivity contribution < 1.29 is 0 Å². The molecule has 2 heteroatoms. The Kier molecular flexibility index (Phi) is 2.67. The Hall–Kier alpha value is -1.28. The van der Waals surface area contributed by atoms with Crippen molar-refractivity contribution in [3.05, 3.63) is 36.0 Å². The summed E-state index contributed by atoms with van der Waals surface area (Å²) in [5, 5.41) is 1.33. The van der Waals surface area contributed by atoms with E-state index in [-0.39, 0.29) is 6.04 Å².